The van der Waals surface area contributed by atoms with Crippen LogP contribution in [-0.2, 0) is 9.53 Å². The van der Waals surface area contributed by atoms with E-state index >= 15 is 0 Å². The molecule has 3 amide bonds. The van der Waals surface area contributed by atoms with Gasteiger partial charge in [0, 0.05) is 0 Å². The average molecular weight is 333 g/mol. The minimum absolute atomic E-state index is 0.0663. The third-order valence-corrected chi connectivity index (χ3v) is 2.71. The van der Waals surface area contributed by atoms with Gasteiger partial charge in [-0.3, -0.25) is 20.4 Å². The maximum Gasteiger partial charge on any atom is 0.408 e. The summed E-state index contributed by atoms with van der Waals surface area (Å²) in [5.74, 6) is -1.14. The van der Waals surface area contributed by atoms with Gasteiger partial charge in [-0.15, -0.1) is 0 Å². The number of carbonyl (C=O) groups is 3. The highest BCUT2D eigenvalue weighted by atomic mass is 16.6. The molecule has 0 aliphatic heterocycles. The minimum atomic E-state index is -0.721. The van der Waals surface area contributed by atoms with E-state index in [1.807, 2.05) is 6.07 Å². The van der Waals surface area contributed by atoms with Gasteiger partial charge in [0.2, 0.25) is 0 Å². The predicted molar refractivity (Wildman–Crippen MR) is 85.9 cm³/mol. The number of nitrogens with zero attached hydrogens (tertiary/aromatic N) is 1. The van der Waals surface area contributed by atoms with Crippen molar-refractivity contribution in [2.45, 2.75) is 26.4 Å². The normalized spacial score (nSPS) is 11.0. The Hall–Kier alpha value is -3.10. The van der Waals surface area contributed by atoms with Gasteiger partial charge in [0.05, 0.1) is 11.0 Å². The molecule has 0 spiro atoms. The van der Waals surface area contributed by atoms with Gasteiger partial charge in [0.25, 0.3) is 5.91 Å². The number of H-pyrrole nitrogens is 1. The maximum atomic E-state index is 11.9. The molecule has 128 valence electrons. The van der Waals surface area contributed by atoms with Gasteiger partial charge in [-0.25, -0.2) is 9.78 Å². The average Bonchev–Trinajstić information content (AvgIpc) is 2.93. The third kappa shape index (κ3) is 4.97. The molecule has 1 heterocycles. The van der Waals surface area contributed by atoms with E-state index in [4.69, 9.17) is 4.74 Å². The molecule has 9 nitrogen and oxygen atoms in total. The number of nitrogens with one attached hydrogen (secondary N) is 4. The predicted octanol–water partition coefficient (Wildman–Crippen LogP) is 0.849. The SMILES string of the molecule is CC(C)(C)OC(=O)NCC(=O)NNC(=O)c1nc2ccccc2[nH]1. The highest BCUT2D eigenvalue weighted by molar-refractivity contribution is 5.95. The number of imidazole rings is 1. The van der Waals surface area contributed by atoms with Crippen molar-refractivity contribution in [3.05, 3.63) is 30.1 Å². The maximum absolute atomic E-state index is 11.9. The van der Waals surface area contributed by atoms with Crippen LogP contribution in [0.5, 0.6) is 0 Å². The van der Waals surface area contributed by atoms with Crippen molar-refractivity contribution in [1.29, 1.82) is 0 Å². The zero-order chi connectivity index (χ0) is 17.7. The lowest BCUT2D eigenvalue weighted by Gasteiger charge is -2.19. The second-order valence-corrected chi connectivity index (χ2v) is 5.96. The van der Waals surface area contributed by atoms with Crippen LogP contribution in [0.25, 0.3) is 11.0 Å². The molecule has 0 saturated carbocycles. The lowest BCUT2D eigenvalue weighted by molar-refractivity contribution is -0.121. The Bertz CT molecular complexity index is 730. The molecule has 0 unspecified atom stereocenters. The Morgan fingerprint density at radius 1 is 1.17 bits per heavy atom. The van der Waals surface area contributed by atoms with Crippen LogP contribution in [0.2, 0.25) is 0 Å². The highest BCUT2D eigenvalue weighted by Gasteiger charge is 2.17. The Labute approximate surface area is 138 Å². The first-order valence-corrected chi connectivity index (χ1v) is 7.25. The Balaban J connectivity index is 1.79. The molecule has 0 aliphatic carbocycles. The van der Waals surface area contributed by atoms with Gasteiger partial charge in [-0.2, -0.15) is 0 Å². The van der Waals surface area contributed by atoms with E-state index in [1.54, 1.807) is 39.0 Å². The number of hydrazine groups is 1. The second kappa shape index (κ2) is 6.99. The fourth-order valence-corrected chi connectivity index (χ4v) is 1.76. The molecule has 9 heteroatoms. The van der Waals surface area contributed by atoms with Crippen molar-refractivity contribution in [3.63, 3.8) is 0 Å². The van der Waals surface area contributed by atoms with Crippen molar-refractivity contribution >= 4 is 28.9 Å². The molecule has 1 aromatic heterocycles. The molecule has 0 radical (unpaired) electrons. The van der Waals surface area contributed by atoms with E-state index in [2.05, 4.69) is 26.1 Å². The van der Waals surface area contributed by atoms with Crippen LogP contribution in [0.4, 0.5) is 4.79 Å². The molecule has 0 atom stereocenters. The van der Waals surface area contributed by atoms with E-state index < -0.39 is 23.5 Å². The van der Waals surface area contributed by atoms with Gasteiger partial charge in [0.15, 0.2) is 5.82 Å². The lowest BCUT2D eigenvalue weighted by Crippen LogP contribution is -2.47. The van der Waals surface area contributed by atoms with E-state index in [0.29, 0.717) is 11.0 Å². The van der Waals surface area contributed by atoms with Gasteiger partial charge < -0.3 is 15.0 Å². The van der Waals surface area contributed by atoms with Crippen molar-refractivity contribution in [2.24, 2.45) is 0 Å². The summed E-state index contributed by atoms with van der Waals surface area (Å²) < 4.78 is 4.98. The van der Waals surface area contributed by atoms with E-state index in [9.17, 15) is 14.4 Å². The molecule has 2 aromatic rings. The molecular formula is C15H19N5O4. The van der Waals surface area contributed by atoms with Gasteiger partial charge >= 0.3 is 12.0 Å². The summed E-state index contributed by atoms with van der Waals surface area (Å²) in [5.41, 5.74) is 5.07. The van der Waals surface area contributed by atoms with Crippen molar-refractivity contribution in [1.82, 2.24) is 26.1 Å². The summed E-state index contributed by atoms with van der Waals surface area (Å²) in [5, 5.41) is 2.28. The molecule has 0 saturated heterocycles. The number of rotatable bonds is 3. The van der Waals surface area contributed by atoms with Crippen LogP contribution in [0.15, 0.2) is 24.3 Å². The molecule has 2 rings (SSSR count). The molecule has 24 heavy (non-hydrogen) atoms. The smallest absolute Gasteiger partial charge is 0.408 e. The Kier molecular flexibility index (Phi) is 5.02. The molecule has 0 bridgehead atoms. The van der Waals surface area contributed by atoms with E-state index in [0.717, 1.165) is 0 Å². The number of alkyl carbamates (subject to hydrolysis) is 1. The number of hydrogen-bond acceptors (Lipinski definition) is 5. The number of fused-ring (bicyclic) bond motifs is 1. The first-order chi connectivity index (χ1) is 11.2. The summed E-state index contributed by atoms with van der Waals surface area (Å²) in [7, 11) is 0. The van der Waals surface area contributed by atoms with Gasteiger partial charge in [-0.1, -0.05) is 12.1 Å². The van der Waals surface area contributed by atoms with Crippen LogP contribution in [0.1, 0.15) is 31.4 Å². The zero-order valence-corrected chi connectivity index (χ0v) is 13.6. The number of amides is 3. The van der Waals surface area contributed by atoms with Crippen LogP contribution in [0.3, 0.4) is 0 Å². The first-order valence-electron chi connectivity index (χ1n) is 7.25. The minimum Gasteiger partial charge on any atom is -0.444 e. The molecule has 4 N–H and O–H groups in total. The number of ether oxygens (including phenoxy) is 1. The van der Waals surface area contributed by atoms with Crippen LogP contribution >= 0.6 is 0 Å². The fraction of sp³-hybridized carbons (Fsp3) is 0.333. The number of para-hydroxylation sites is 2. The Morgan fingerprint density at radius 2 is 1.88 bits per heavy atom. The summed E-state index contributed by atoms with van der Waals surface area (Å²) >= 11 is 0. The van der Waals surface area contributed by atoms with E-state index in [1.165, 1.54) is 0 Å². The van der Waals surface area contributed by atoms with Gasteiger partial charge in [-0.05, 0) is 32.9 Å². The summed E-state index contributed by atoms with van der Waals surface area (Å²) in [6, 6.07) is 7.15. The van der Waals surface area contributed by atoms with Gasteiger partial charge in [0.1, 0.15) is 12.1 Å². The molecule has 1 aromatic carbocycles. The molecule has 0 fully saturated rings. The summed E-state index contributed by atoms with van der Waals surface area (Å²) in [6.45, 7) is 4.79. The largest absolute Gasteiger partial charge is 0.444 e. The lowest BCUT2D eigenvalue weighted by atomic mass is 10.2. The quantitative estimate of drug-likeness (QED) is 0.620. The molecular weight excluding hydrogens is 314 g/mol. The standard InChI is InChI=1S/C15H19N5O4/c1-15(2,3)24-14(23)16-8-11(21)19-20-13(22)12-17-9-6-4-5-7-10(9)18-12/h4-7H,8H2,1-3H3,(H,16,23)(H,17,18)(H,19,21)(H,20,22). The third-order valence-electron chi connectivity index (χ3n) is 2.71. The second-order valence-electron chi connectivity index (χ2n) is 5.96. The Morgan fingerprint density at radius 3 is 2.54 bits per heavy atom. The van der Waals surface area contributed by atoms with Crippen LogP contribution < -0.4 is 16.2 Å². The fourth-order valence-electron chi connectivity index (χ4n) is 1.76. The topological polar surface area (TPSA) is 125 Å². The monoisotopic (exact) mass is 333 g/mol. The number of aromatic amines is 1. The number of benzene rings is 1. The van der Waals surface area contributed by atoms with Crippen molar-refractivity contribution < 1.29 is 19.1 Å². The number of carbonyl (C=O) groups excluding carboxylic acids is 3. The highest BCUT2D eigenvalue weighted by Crippen LogP contribution is 2.09. The van der Waals surface area contributed by atoms with Crippen molar-refractivity contribution in [2.75, 3.05) is 6.54 Å². The van der Waals surface area contributed by atoms with Crippen molar-refractivity contribution in [3.8, 4) is 0 Å². The summed E-state index contributed by atoms with van der Waals surface area (Å²) in [4.78, 5) is 41.8. The van der Waals surface area contributed by atoms with Crippen LogP contribution in [-0.4, -0.2) is 40.0 Å². The summed E-state index contributed by atoms with van der Waals surface area (Å²) in [6.07, 6.45) is -0.721. The number of hydrogen-bond donors (Lipinski definition) is 4. The molecule has 0 aliphatic rings. The first kappa shape index (κ1) is 17.3. The zero-order valence-electron chi connectivity index (χ0n) is 13.6. The van der Waals surface area contributed by atoms with E-state index in [-0.39, 0.29) is 12.4 Å². The number of aromatic nitrogens is 2. The van der Waals surface area contributed by atoms with Crippen LogP contribution in [0, 0.1) is 0 Å².